The quantitative estimate of drug-likeness (QED) is 0.726. The number of benzene rings is 2. The molecule has 6 nitrogen and oxygen atoms in total. The SMILES string of the molecule is CCOC(=O)c1ccc(NS(=O)(=O)CCOc2ccc(F)cc2)cc1. The number of carbonyl (C=O) groups excluding carboxylic acids is 1. The summed E-state index contributed by atoms with van der Waals surface area (Å²) in [5.74, 6) is -0.753. The van der Waals surface area contributed by atoms with Gasteiger partial charge in [-0.05, 0) is 55.5 Å². The molecular weight excluding hydrogens is 349 g/mol. The Balaban J connectivity index is 1.87. The van der Waals surface area contributed by atoms with Gasteiger partial charge in [-0.25, -0.2) is 17.6 Å². The monoisotopic (exact) mass is 367 g/mol. The third-order valence-electron chi connectivity index (χ3n) is 3.10. The fraction of sp³-hybridized carbons (Fsp3) is 0.235. The molecule has 0 radical (unpaired) electrons. The maximum absolute atomic E-state index is 12.8. The van der Waals surface area contributed by atoms with Crippen molar-refractivity contribution >= 4 is 21.7 Å². The largest absolute Gasteiger partial charge is 0.492 e. The molecule has 1 N–H and O–H groups in total. The van der Waals surface area contributed by atoms with Crippen molar-refractivity contribution in [1.29, 1.82) is 0 Å². The van der Waals surface area contributed by atoms with Gasteiger partial charge in [0.05, 0.1) is 12.2 Å². The van der Waals surface area contributed by atoms with Crippen LogP contribution in [0.4, 0.5) is 10.1 Å². The number of esters is 1. The number of halogens is 1. The molecule has 0 aromatic heterocycles. The lowest BCUT2D eigenvalue weighted by Crippen LogP contribution is -2.21. The van der Waals surface area contributed by atoms with Crippen molar-refractivity contribution < 1.29 is 27.1 Å². The van der Waals surface area contributed by atoms with E-state index in [0.29, 0.717) is 17.0 Å². The van der Waals surface area contributed by atoms with Gasteiger partial charge in [-0.15, -0.1) is 0 Å². The Kier molecular flexibility index (Phi) is 6.35. The Morgan fingerprint density at radius 3 is 2.32 bits per heavy atom. The molecule has 2 rings (SSSR count). The summed E-state index contributed by atoms with van der Waals surface area (Å²) in [5, 5.41) is 0. The van der Waals surface area contributed by atoms with E-state index in [2.05, 4.69) is 4.72 Å². The number of anilines is 1. The van der Waals surface area contributed by atoms with Gasteiger partial charge in [0.1, 0.15) is 23.9 Å². The van der Waals surface area contributed by atoms with E-state index in [9.17, 15) is 17.6 Å². The van der Waals surface area contributed by atoms with Crippen molar-refractivity contribution in [3.63, 3.8) is 0 Å². The van der Waals surface area contributed by atoms with Gasteiger partial charge in [0, 0.05) is 5.69 Å². The van der Waals surface area contributed by atoms with E-state index in [1.807, 2.05) is 0 Å². The van der Waals surface area contributed by atoms with Crippen molar-refractivity contribution in [1.82, 2.24) is 0 Å². The van der Waals surface area contributed by atoms with Crippen LogP contribution in [0.2, 0.25) is 0 Å². The van der Waals surface area contributed by atoms with Crippen LogP contribution in [0.25, 0.3) is 0 Å². The van der Waals surface area contributed by atoms with Crippen LogP contribution in [-0.4, -0.2) is 33.4 Å². The number of carbonyl (C=O) groups is 1. The van der Waals surface area contributed by atoms with Crippen LogP contribution in [-0.2, 0) is 14.8 Å². The summed E-state index contributed by atoms with van der Waals surface area (Å²) >= 11 is 0. The van der Waals surface area contributed by atoms with Gasteiger partial charge in [-0.3, -0.25) is 4.72 Å². The first-order valence-electron chi connectivity index (χ1n) is 7.55. The number of nitrogens with one attached hydrogen (secondary N) is 1. The minimum Gasteiger partial charge on any atom is -0.492 e. The number of hydrogen-bond donors (Lipinski definition) is 1. The van der Waals surface area contributed by atoms with Gasteiger partial charge in [0.15, 0.2) is 0 Å². The lowest BCUT2D eigenvalue weighted by Gasteiger charge is -2.10. The summed E-state index contributed by atoms with van der Waals surface area (Å²) in [4.78, 5) is 11.5. The summed E-state index contributed by atoms with van der Waals surface area (Å²) < 4.78 is 49.3. The van der Waals surface area contributed by atoms with Crippen LogP contribution in [0.15, 0.2) is 48.5 Å². The predicted molar refractivity (Wildman–Crippen MR) is 91.7 cm³/mol. The van der Waals surface area contributed by atoms with E-state index in [0.717, 1.165) is 0 Å². The van der Waals surface area contributed by atoms with Crippen LogP contribution >= 0.6 is 0 Å². The van der Waals surface area contributed by atoms with E-state index in [4.69, 9.17) is 9.47 Å². The average Bonchev–Trinajstić information content (AvgIpc) is 2.57. The number of sulfonamides is 1. The summed E-state index contributed by atoms with van der Waals surface area (Å²) in [6, 6.07) is 11.2. The van der Waals surface area contributed by atoms with E-state index >= 15 is 0 Å². The molecule has 0 fully saturated rings. The lowest BCUT2D eigenvalue weighted by atomic mass is 10.2. The molecule has 0 aliphatic heterocycles. The van der Waals surface area contributed by atoms with Crippen molar-refractivity contribution in [2.45, 2.75) is 6.92 Å². The molecule has 0 saturated heterocycles. The Bertz CT molecular complexity index is 804. The Morgan fingerprint density at radius 1 is 1.08 bits per heavy atom. The zero-order valence-electron chi connectivity index (χ0n) is 13.6. The van der Waals surface area contributed by atoms with Crippen LogP contribution in [0.3, 0.4) is 0 Å². The molecule has 0 bridgehead atoms. The summed E-state index contributed by atoms with van der Waals surface area (Å²) in [6.07, 6.45) is 0. The first kappa shape index (κ1) is 18.7. The standard InChI is InChI=1S/C17H18FNO5S/c1-2-23-17(20)13-3-7-15(8-4-13)19-25(21,22)12-11-24-16-9-5-14(18)6-10-16/h3-10,19H,2,11-12H2,1H3. The molecule has 0 aliphatic rings. The minimum atomic E-state index is -3.62. The summed E-state index contributed by atoms with van der Waals surface area (Å²) in [6.45, 7) is 1.89. The third-order valence-corrected chi connectivity index (χ3v) is 4.35. The lowest BCUT2D eigenvalue weighted by molar-refractivity contribution is 0.0526. The highest BCUT2D eigenvalue weighted by Gasteiger charge is 2.12. The Labute approximate surface area is 145 Å². The third kappa shape index (κ3) is 6.07. The molecule has 0 heterocycles. The molecule has 25 heavy (non-hydrogen) atoms. The molecule has 134 valence electrons. The highest BCUT2D eigenvalue weighted by molar-refractivity contribution is 7.92. The van der Waals surface area contributed by atoms with Crippen molar-refractivity contribution in [3.05, 3.63) is 59.9 Å². The van der Waals surface area contributed by atoms with Crippen LogP contribution in [0.1, 0.15) is 17.3 Å². The van der Waals surface area contributed by atoms with Crippen molar-refractivity contribution in [2.75, 3.05) is 23.7 Å². The molecule has 8 heteroatoms. The maximum Gasteiger partial charge on any atom is 0.338 e. The molecule has 0 saturated carbocycles. The van der Waals surface area contributed by atoms with Crippen LogP contribution in [0, 0.1) is 5.82 Å². The molecule has 0 amide bonds. The molecule has 0 atom stereocenters. The van der Waals surface area contributed by atoms with Gasteiger partial charge in [0.2, 0.25) is 10.0 Å². The highest BCUT2D eigenvalue weighted by atomic mass is 32.2. The second-order valence-corrected chi connectivity index (χ2v) is 6.86. The predicted octanol–water partition coefficient (Wildman–Crippen LogP) is 2.82. The second kappa shape index (κ2) is 8.48. The van der Waals surface area contributed by atoms with E-state index in [-0.39, 0.29) is 19.0 Å². The fourth-order valence-electron chi connectivity index (χ4n) is 1.92. The first-order valence-corrected chi connectivity index (χ1v) is 9.21. The van der Waals surface area contributed by atoms with E-state index in [1.54, 1.807) is 6.92 Å². The normalized spacial score (nSPS) is 11.0. The molecule has 2 aromatic carbocycles. The van der Waals surface area contributed by atoms with Crippen LogP contribution < -0.4 is 9.46 Å². The van der Waals surface area contributed by atoms with Crippen molar-refractivity contribution in [2.24, 2.45) is 0 Å². The Hall–Kier alpha value is -2.61. The van der Waals surface area contributed by atoms with Gasteiger partial charge >= 0.3 is 5.97 Å². The van der Waals surface area contributed by atoms with E-state index in [1.165, 1.54) is 48.5 Å². The molecule has 0 spiro atoms. The zero-order valence-corrected chi connectivity index (χ0v) is 14.4. The molecule has 0 aliphatic carbocycles. The number of ether oxygens (including phenoxy) is 2. The van der Waals surface area contributed by atoms with Crippen LogP contribution in [0.5, 0.6) is 5.75 Å². The summed E-state index contributed by atoms with van der Waals surface area (Å²) in [5.41, 5.74) is 0.666. The highest BCUT2D eigenvalue weighted by Crippen LogP contribution is 2.14. The number of rotatable bonds is 8. The topological polar surface area (TPSA) is 81.7 Å². The van der Waals surface area contributed by atoms with E-state index < -0.39 is 21.8 Å². The second-order valence-electron chi connectivity index (χ2n) is 5.02. The average molecular weight is 367 g/mol. The maximum atomic E-state index is 12.8. The zero-order chi connectivity index (χ0) is 18.3. The fourth-order valence-corrected chi connectivity index (χ4v) is 2.82. The summed E-state index contributed by atoms with van der Waals surface area (Å²) in [7, 11) is -3.62. The molecular formula is C17H18FNO5S. The van der Waals surface area contributed by atoms with Crippen molar-refractivity contribution in [3.8, 4) is 5.75 Å². The minimum absolute atomic E-state index is 0.0815. The van der Waals surface area contributed by atoms with Gasteiger partial charge in [-0.1, -0.05) is 0 Å². The smallest absolute Gasteiger partial charge is 0.338 e. The Morgan fingerprint density at radius 2 is 1.72 bits per heavy atom. The first-order chi connectivity index (χ1) is 11.9. The van der Waals surface area contributed by atoms with Gasteiger partial charge < -0.3 is 9.47 Å². The molecule has 0 unspecified atom stereocenters. The van der Waals surface area contributed by atoms with Gasteiger partial charge in [-0.2, -0.15) is 0 Å². The van der Waals surface area contributed by atoms with Gasteiger partial charge in [0.25, 0.3) is 0 Å². The number of hydrogen-bond acceptors (Lipinski definition) is 5. The molecule has 2 aromatic rings.